The van der Waals surface area contributed by atoms with Crippen LogP contribution in [0.15, 0.2) is 36.7 Å². The second kappa shape index (κ2) is 5.80. The first-order valence-electron chi connectivity index (χ1n) is 5.85. The van der Waals surface area contributed by atoms with Crippen LogP contribution in [0.1, 0.15) is 21.6 Å². The van der Waals surface area contributed by atoms with Gasteiger partial charge in [0.2, 0.25) is 0 Å². The molecule has 0 aliphatic heterocycles. The van der Waals surface area contributed by atoms with Crippen LogP contribution in [0, 0.1) is 6.92 Å². The SMILES string of the molecule is Cc1cc(C(=O)N(C)Cc2cccnc2)cc(Cl)n1. The summed E-state index contributed by atoms with van der Waals surface area (Å²) in [5, 5.41) is 0.332. The van der Waals surface area contributed by atoms with Crippen LogP contribution in [-0.2, 0) is 6.54 Å². The highest BCUT2D eigenvalue weighted by atomic mass is 35.5. The lowest BCUT2D eigenvalue weighted by Gasteiger charge is -2.17. The number of aryl methyl sites for hydroxylation is 1. The molecular weight excluding hydrogens is 262 g/mol. The molecule has 0 atom stereocenters. The Hall–Kier alpha value is -1.94. The Balaban J connectivity index is 2.15. The molecule has 0 fully saturated rings. The van der Waals surface area contributed by atoms with Crippen LogP contribution in [0.25, 0.3) is 0 Å². The van der Waals surface area contributed by atoms with E-state index in [1.54, 1.807) is 36.5 Å². The summed E-state index contributed by atoms with van der Waals surface area (Å²) in [5.41, 5.74) is 2.25. The predicted octanol–water partition coefficient (Wildman–Crippen LogP) is 2.71. The molecule has 0 saturated carbocycles. The normalized spacial score (nSPS) is 10.3. The molecule has 19 heavy (non-hydrogen) atoms. The van der Waals surface area contributed by atoms with Gasteiger partial charge in [0.15, 0.2) is 0 Å². The van der Waals surface area contributed by atoms with Crippen LogP contribution >= 0.6 is 11.6 Å². The van der Waals surface area contributed by atoms with Crippen LogP contribution in [0.3, 0.4) is 0 Å². The summed E-state index contributed by atoms with van der Waals surface area (Å²) in [6.07, 6.45) is 3.45. The topological polar surface area (TPSA) is 46.1 Å². The fourth-order valence-corrected chi connectivity index (χ4v) is 2.06. The van der Waals surface area contributed by atoms with Crippen molar-refractivity contribution in [3.05, 3.63) is 58.6 Å². The van der Waals surface area contributed by atoms with Gasteiger partial charge in [-0.1, -0.05) is 17.7 Å². The number of aromatic nitrogens is 2. The third-order valence-electron chi connectivity index (χ3n) is 2.66. The van der Waals surface area contributed by atoms with E-state index >= 15 is 0 Å². The summed E-state index contributed by atoms with van der Waals surface area (Å²) in [7, 11) is 1.75. The van der Waals surface area contributed by atoms with Gasteiger partial charge in [0, 0.05) is 37.2 Å². The largest absolute Gasteiger partial charge is 0.337 e. The van der Waals surface area contributed by atoms with Crippen molar-refractivity contribution in [3.8, 4) is 0 Å². The smallest absolute Gasteiger partial charge is 0.254 e. The number of amides is 1. The Kier molecular flexibility index (Phi) is 4.12. The highest BCUT2D eigenvalue weighted by molar-refractivity contribution is 6.29. The molecule has 0 radical (unpaired) electrons. The lowest BCUT2D eigenvalue weighted by atomic mass is 10.2. The number of nitrogens with zero attached hydrogens (tertiary/aromatic N) is 3. The number of rotatable bonds is 3. The highest BCUT2D eigenvalue weighted by Crippen LogP contribution is 2.13. The van der Waals surface area contributed by atoms with Crippen molar-refractivity contribution in [2.24, 2.45) is 0 Å². The highest BCUT2D eigenvalue weighted by Gasteiger charge is 2.13. The van der Waals surface area contributed by atoms with Gasteiger partial charge in [0.05, 0.1) is 0 Å². The van der Waals surface area contributed by atoms with Crippen molar-refractivity contribution < 1.29 is 4.79 Å². The molecule has 98 valence electrons. The van der Waals surface area contributed by atoms with E-state index in [0.717, 1.165) is 11.3 Å². The molecule has 0 unspecified atom stereocenters. The van der Waals surface area contributed by atoms with E-state index < -0.39 is 0 Å². The number of hydrogen-bond acceptors (Lipinski definition) is 3. The molecule has 1 amide bonds. The summed E-state index contributed by atoms with van der Waals surface area (Å²) in [6, 6.07) is 7.09. The molecule has 0 bridgehead atoms. The molecule has 2 heterocycles. The van der Waals surface area contributed by atoms with Crippen molar-refractivity contribution in [1.29, 1.82) is 0 Å². The van der Waals surface area contributed by atoms with Gasteiger partial charge in [0.1, 0.15) is 5.15 Å². The second-order valence-corrected chi connectivity index (χ2v) is 4.73. The van der Waals surface area contributed by atoms with Gasteiger partial charge in [-0.2, -0.15) is 0 Å². The van der Waals surface area contributed by atoms with E-state index in [0.29, 0.717) is 17.3 Å². The molecule has 0 aromatic carbocycles. The third-order valence-corrected chi connectivity index (χ3v) is 2.85. The maximum atomic E-state index is 12.3. The van der Waals surface area contributed by atoms with Gasteiger partial charge < -0.3 is 4.90 Å². The number of carbonyl (C=O) groups excluding carboxylic acids is 1. The zero-order valence-corrected chi connectivity index (χ0v) is 11.6. The molecule has 2 aromatic rings. The molecule has 2 rings (SSSR count). The first-order valence-corrected chi connectivity index (χ1v) is 6.22. The standard InChI is InChI=1S/C14H14ClN3O/c1-10-6-12(7-13(15)17-10)14(19)18(2)9-11-4-3-5-16-8-11/h3-8H,9H2,1-2H3. The molecule has 5 heteroatoms. The van der Waals surface area contributed by atoms with Gasteiger partial charge in [-0.25, -0.2) is 4.98 Å². The lowest BCUT2D eigenvalue weighted by molar-refractivity contribution is 0.0785. The maximum Gasteiger partial charge on any atom is 0.254 e. The van der Waals surface area contributed by atoms with Gasteiger partial charge in [0.25, 0.3) is 5.91 Å². The lowest BCUT2D eigenvalue weighted by Crippen LogP contribution is -2.26. The minimum atomic E-state index is -0.0868. The summed E-state index contributed by atoms with van der Waals surface area (Å²) < 4.78 is 0. The summed E-state index contributed by atoms with van der Waals surface area (Å²) in [6.45, 7) is 2.31. The Morgan fingerprint density at radius 1 is 1.42 bits per heavy atom. The van der Waals surface area contributed by atoms with Crippen molar-refractivity contribution >= 4 is 17.5 Å². The number of halogens is 1. The third kappa shape index (κ3) is 3.51. The van der Waals surface area contributed by atoms with Crippen LogP contribution in [0.4, 0.5) is 0 Å². The van der Waals surface area contributed by atoms with Gasteiger partial charge in [-0.05, 0) is 30.7 Å². The fourth-order valence-electron chi connectivity index (χ4n) is 1.81. The summed E-state index contributed by atoms with van der Waals surface area (Å²) in [4.78, 5) is 22.0. The Morgan fingerprint density at radius 2 is 2.21 bits per heavy atom. The van der Waals surface area contributed by atoms with Crippen LogP contribution < -0.4 is 0 Å². The van der Waals surface area contributed by atoms with E-state index in [1.807, 2.05) is 19.1 Å². The van der Waals surface area contributed by atoms with Crippen molar-refractivity contribution in [3.63, 3.8) is 0 Å². The van der Waals surface area contributed by atoms with Crippen molar-refractivity contribution in [1.82, 2.24) is 14.9 Å². The molecule has 0 saturated heterocycles. The van der Waals surface area contributed by atoms with Crippen LogP contribution in [0.2, 0.25) is 5.15 Å². The average Bonchev–Trinajstić information content (AvgIpc) is 2.37. The first-order chi connectivity index (χ1) is 9.06. The van der Waals surface area contributed by atoms with Gasteiger partial charge in [-0.15, -0.1) is 0 Å². The zero-order chi connectivity index (χ0) is 13.8. The van der Waals surface area contributed by atoms with E-state index in [2.05, 4.69) is 9.97 Å². The molecule has 0 spiro atoms. The second-order valence-electron chi connectivity index (χ2n) is 4.34. The Labute approximate surface area is 117 Å². The zero-order valence-electron chi connectivity index (χ0n) is 10.8. The molecule has 4 nitrogen and oxygen atoms in total. The summed E-state index contributed by atoms with van der Waals surface area (Å²) in [5.74, 6) is -0.0868. The van der Waals surface area contributed by atoms with Crippen molar-refractivity contribution in [2.75, 3.05) is 7.05 Å². The minimum Gasteiger partial charge on any atom is -0.337 e. The molecular formula is C14H14ClN3O. The van der Waals surface area contributed by atoms with E-state index in [1.165, 1.54) is 0 Å². The van der Waals surface area contributed by atoms with Crippen molar-refractivity contribution in [2.45, 2.75) is 13.5 Å². The molecule has 0 aliphatic rings. The molecule has 0 N–H and O–H groups in total. The first kappa shape index (κ1) is 13.5. The minimum absolute atomic E-state index is 0.0868. The molecule has 2 aromatic heterocycles. The number of carbonyl (C=O) groups is 1. The Morgan fingerprint density at radius 3 is 2.84 bits per heavy atom. The van der Waals surface area contributed by atoms with E-state index in [-0.39, 0.29) is 5.91 Å². The maximum absolute atomic E-state index is 12.3. The fraction of sp³-hybridized carbons (Fsp3) is 0.214. The van der Waals surface area contributed by atoms with Gasteiger partial charge in [-0.3, -0.25) is 9.78 Å². The molecule has 0 aliphatic carbocycles. The summed E-state index contributed by atoms with van der Waals surface area (Å²) >= 11 is 5.87. The van der Waals surface area contributed by atoms with Crippen LogP contribution in [0.5, 0.6) is 0 Å². The Bertz CT molecular complexity index is 566. The quantitative estimate of drug-likeness (QED) is 0.809. The number of hydrogen-bond donors (Lipinski definition) is 0. The van der Waals surface area contributed by atoms with Crippen LogP contribution in [-0.4, -0.2) is 27.8 Å². The number of pyridine rings is 2. The van der Waals surface area contributed by atoms with E-state index in [9.17, 15) is 4.79 Å². The predicted molar refractivity (Wildman–Crippen MR) is 74.0 cm³/mol. The van der Waals surface area contributed by atoms with E-state index in [4.69, 9.17) is 11.6 Å². The van der Waals surface area contributed by atoms with Gasteiger partial charge >= 0.3 is 0 Å². The monoisotopic (exact) mass is 275 g/mol. The average molecular weight is 276 g/mol.